The first-order chi connectivity index (χ1) is 28.7. The second kappa shape index (κ2) is 13.3. The van der Waals surface area contributed by atoms with Crippen LogP contribution in [0.5, 0.6) is 11.5 Å². The zero-order chi connectivity index (χ0) is 38.6. The van der Waals surface area contributed by atoms with Gasteiger partial charge in [-0.15, -0.1) is 0 Å². The van der Waals surface area contributed by atoms with Crippen molar-refractivity contribution in [2.45, 2.75) is 5.41 Å². The summed E-state index contributed by atoms with van der Waals surface area (Å²) in [5.74, 6) is 3.35. The summed E-state index contributed by atoms with van der Waals surface area (Å²) in [6.07, 6.45) is 1.85. The van der Waals surface area contributed by atoms with Crippen LogP contribution in [0.2, 0.25) is 0 Å². The van der Waals surface area contributed by atoms with Gasteiger partial charge >= 0.3 is 0 Å². The van der Waals surface area contributed by atoms with Crippen molar-refractivity contribution in [3.05, 3.63) is 216 Å². The van der Waals surface area contributed by atoms with E-state index in [2.05, 4.69) is 84.9 Å². The minimum atomic E-state index is -0.731. The average Bonchev–Trinajstić information content (AvgIpc) is 3.60. The minimum absolute atomic E-state index is 0.576. The van der Waals surface area contributed by atoms with Gasteiger partial charge in [0.25, 0.3) is 0 Å². The first-order valence-corrected chi connectivity index (χ1v) is 19.2. The largest absolute Gasteiger partial charge is 0.457 e. The maximum absolute atomic E-state index is 9.74. The van der Waals surface area contributed by atoms with Crippen LogP contribution in [0, 0.1) is 11.3 Å². The Hall–Kier alpha value is -8.01. The van der Waals surface area contributed by atoms with Crippen LogP contribution in [-0.4, -0.2) is 19.9 Å². The molecular formula is C52H31N5O. The second-order valence-electron chi connectivity index (χ2n) is 14.5. The minimum Gasteiger partial charge on any atom is -0.457 e. The maximum atomic E-state index is 9.74. The van der Waals surface area contributed by atoms with Crippen molar-refractivity contribution in [3.63, 3.8) is 0 Å². The van der Waals surface area contributed by atoms with E-state index in [1.165, 1.54) is 22.3 Å². The van der Waals surface area contributed by atoms with Crippen molar-refractivity contribution in [2.75, 3.05) is 0 Å². The van der Waals surface area contributed by atoms with Gasteiger partial charge in [0.05, 0.1) is 22.7 Å². The number of rotatable bonds is 5. The smallest absolute Gasteiger partial charge is 0.164 e. The first-order valence-electron chi connectivity index (χ1n) is 19.2. The number of ether oxygens (including phenoxy) is 1. The zero-order valence-electron chi connectivity index (χ0n) is 31.0. The molecule has 11 rings (SSSR count). The van der Waals surface area contributed by atoms with E-state index in [0.29, 0.717) is 23.0 Å². The number of nitriles is 1. The predicted molar refractivity (Wildman–Crippen MR) is 227 cm³/mol. The molecule has 0 atom stereocenters. The lowest BCUT2D eigenvalue weighted by Crippen LogP contribution is -2.32. The fourth-order valence-electron chi connectivity index (χ4n) is 8.70. The summed E-state index contributed by atoms with van der Waals surface area (Å²) in [5.41, 5.74) is 12.9. The van der Waals surface area contributed by atoms with E-state index in [9.17, 15) is 5.26 Å². The van der Waals surface area contributed by atoms with Crippen LogP contribution >= 0.6 is 0 Å². The van der Waals surface area contributed by atoms with Crippen LogP contribution in [-0.2, 0) is 5.41 Å². The van der Waals surface area contributed by atoms with Crippen molar-refractivity contribution >= 4 is 0 Å². The molecule has 0 N–H and O–H groups in total. The van der Waals surface area contributed by atoms with Crippen LogP contribution in [0.3, 0.4) is 0 Å². The van der Waals surface area contributed by atoms with Crippen LogP contribution in [0.25, 0.3) is 67.7 Å². The molecule has 0 saturated heterocycles. The molecule has 6 heteroatoms. The van der Waals surface area contributed by atoms with Gasteiger partial charge in [-0.25, -0.2) is 15.0 Å². The molecule has 9 aromatic rings. The normalized spacial score (nSPS) is 12.7. The van der Waals surface area contributed by atoms with Gasteiger partial charge in [0, 0.05) is 50.7 Å². The maximum Gasteiger partial charge on any atom is 0.164 e. The van der Waals surface area contributed by atoms with Crippen LogP contribution in [0.1, 0.15) is 27.8 Å². The molecule has 0 saturated carbocycles. The average molecular weight is 742 g/mol. The Morgan fingerprint density at radius 2 is 0.897 bits per heavy atom. The molecule has 58 heavy (non-hydrogen) atoms. The van der Waals surface area contributed by atoms with Gasteiger partial charge in [-0.1, -0.05) is 133 Å². The molecule has 3 heterocycles. The Morgan fingerprint density at radius 3 is 1.47 bits per heavy atom. The number of nitrogens with zero attached hydrogens (tertiary/aromatic N) is 5. The summed E-state index contributed by atoms with van der Waals surface area (Å²) >= 11 is 0. The molecule has 0 amide bonds. The van der Waals surface area contributed by atoms with E-state index in [1.807, 2.05) is 109 Å². The molecule has 2 aliphatic rings. The molecule has 0 unspecified atom stereocenters. The van der Waals surface area contributed by atoms with Gasteiger partial charge < -0.3 is 4.74 Å². The Bertz CT molecular complexity index is 3000. The monoisotopic (exact) mass is 741 g/mol. The molecule has 6 nitrogen and oxygen atoms in total. The quantitative estimate of drug-likeness (QED) is 0.175. The van der Waals surface area contributed by atoms with Crippen molar-refractivity contribution in [2.24, 2.45) is 0 Å². The summed E-state index contributed by atoms with van der Waals surface area (Å²) in [5, 5.41) is 9.74. The third kappa shape index (κ3) is 5.18. The summed E-state index contributed by atoms with van der Waals surface area (Å²) in [6, 6.07) is 64.2. The number of pyridine rings is 1. The summed E-state index contributed by atoms with van der Waals surface area (Å²) in [7, 11) is 0. The molecule has 0 bridgehead atoms. The molecule has 1 spiro atoms. The first kappa shape index (κ1) is 33.3. The fourth-order valence-corrected chi connectivity index (χ4v) is 8.70. The second-order valence-corrected chi connectivity index (χ2v) is 14.5. The van der Waals surface area contributed by atoms with Gasteiger partial charge in [-0.2, -0.15) is 5.26 Å². The van der Waals surface area contributed by atoms with Crippen LogP contribution < -0.4 is 4.74 Å². The molecule has 0 fully saturated rings. The summed E-state index contributed by atoms with van der Waals surface area (Å²) < 4.78 is 6.86. The third-order valence-corrected chi connectivity index (χ3v) is 11.3. The molecule has 1 aliphatic heterocycles. The van der Waals surface area contributed by atoms with Gasteiger partial charge in [-0.3, -0.25) is 4.98 Å². The molecule has 1 aliphatic carbocycles. The molecule has 0 radical (unpaired) electrons. The predicted octanol–water partition coefficient (Wildman–Crippen LogP) is 11.9. The third-order valence-electron chi connectivity index (χ3n) is 11.3. The van der Waals surface area contributed by atoms with Crippen molar-refractivity contribution in [3.8, 4) is 85.2 Å². The van der Waals surface area contributed by atoms with Crippen molar-refractivity contribution in [1.29, 1.82) is 5.26 Å². The fraction of sp³-hybridized carbons (Fsp3) is 0.0192. The van der Waals surface area contributed by atoms with E-state index in [1.54, 1.807) is 0 Å². The highest BCUT2D eigenvalue weighted by Gasteiger charge is 2.51. The Morgan fingerprint density at radius 1 is 0.414 bits per heavy atom. The molecule has 7 aromatic carbocycles. The highest BCUT2D eigenvalue weighted by molar-refractivity contribution is 5.90. The van der Waals surface area contributed by atoms with E-state index >= 15 is 0 Å². The zero-order valence-corrected chi connectivity index (χ0v) is 31.0. The van der Waals surface area contributed by atoms with Gasteiger partial charge in [0.15, 0.2) is 17.5 Å². The number of aromatic nitrogens is 4. The molecular weight excluding hydrogens is 711 g/mol. The van der Waals surface area contributed by atoms with Crippen LogP contribution in [0.4, 0.5) is 0 Å². The van der Waals surface area contributed by atoms with Crippen molar-refractivity contribution in [1.82, 2.24) is 19.9 Å². The SMILES string of the molecule is N#Cc1ccccc1-c1ccc(-c2ccc3c(c2)C2(c4cc(-c5nc(-c6ccccc6)nc(-c6ccccc6)n5)ccc4O3)c3ccccc3-c3ccccc32)nc1. The number of hydrogen-bond donors (Lipinski definition) is 0. The van der Waals surface area contributed by atoms with Crippen molar-refractivity contribution < 1.29 is 4.74 Å². The van der Waals surface area contributed by atoms with E-state index in [-0.39, 0.29) is 0 Å². The van der Waals surface area contributed by atoms with Gasteiger partial charge in [0.1, 0.15) is 11.5 Å². The Kier molecular flexibility index (Phi) is 7.66. The molecule has 270 valence electrons. The summed E-state index contributed by atoms with van der Waals surface area (Å²) in [4.78, 5) is 20.1. The lowest BCUT2D eigenvalue weighted by atomic mass is 9.65. The standard InChI is InChI=1S/C52H31N5O/c53-31-37-17-7-8-18-39(37)38-23-26-46(54-32-38)35-24-27-47-44(29-35)52(42-21-11-9-19-40(42)41-20-10-12-22-43(41)52)45-30-36(25-28-48(45)58-47)51-56-49(33-13-3-1-4-14-33)55-50(57-51)34-15-5-2-6-16-34/h1-30,32H. The topological polar surface area (TPSA) is 84.6 Å². The van der Waals surface area contributed by atoms with E-state index in [4.69, 9.17) is 24.7 Å². The lowest BCUT2D eigenvalue weighted by molar-refractivity contribution is 0.436. The Balaban J connectivity index is 1.12. The number of fused-ring (bicyclic) bond motifs is 9. The lowest BCUT2D eigenvalue weighted by Gasteiger charge is -2.39. The van der Waals surface area contributed by atoms with Gasteiger partial charge in [-0.05, 0) is 70.8 Å². The highest BCUT2D eigenvalue weighted by Crippen LogP contribution is 2.62. The van der Waals surface area contributed by atoms with E-state index in [0.717, 1.165) is 61.7 Å². The Labute approximate surface area is 335 Å². The van der Waals surface area contributed by atoms with Gasteiger partial charge in [0.2, 0.25) is 0 Å². The van der Waals surface area contributed by atoms with E-state index < -0.39 is 5.41 Å². The summed E-state index contributed by atoms with van der Waals surface area (Å²) in [6.45, 7) is 0. The van der Waals surface area contributed by atoms with Crippen LogP contribution in [0.15, 0.2) is 188 Å². The highest BCUT2D eigenvalue weighted by atomic mass is 16.5. The number of benzene rings is 7. The molecule has 2 aromatic heterocycles. The number of hydrogen-bond acceptors (Lipinski definition) is 6.